The number of hydrogen-bond donors (Lipinski definition) is 0. The molecule has 6 bridgehead atoms. The van der Waals surface area contributed by atoms with Crippen molar-refractivity contribution in [2.75, 3.05) is 0 Å². The third-order valence-corrected chi connectivity index (χ3v) is 18.4. The van der Waals surface area contributed by atoms with Crippen molar-refractivity contribution in [3.05, 3.63) is 285 Å². The zero-order valence-corrected chi connectivity index (χ0v) is 54.6. The van der Waals surface area contributed by atoms with Crippen molar-refractivity contribution in [2.24, 2.45) is 30.0 Å². The Hall–Kier alpha value is -10.2. The summed E-state index contributed by atoms with van der Waals surface area (Å²) < 4.78 is 41.1. The van der Waals surface area contributed by atoms with Crippen LogP contribution in [0.25, 0.3) is 0 Å². The third-order valence-electron chi connectivity index (χ3n) is 18.4. The molecule has 0 amide bonds. The fourth-order valence-corrected chi connectivity index (χ4v) is 12.9. The van der Waals surface area contributed by atoms with Crippen molar-refractivity contribution in [3.8, 4) is 34.5 Å². The van der Waals surface area contributed by atoms with Crippen LogP contribution in [0.5, 0.6) is 34.5 Å². The first-order chi connectivity index (χ1) is 47.5. The average Bonchev–Trinajstić information content (AvgIpc) is 0.876. The topological polar surface area (TPSA) is 130 Å². The summed E-state index contributed by atoms with van der Waals surface area (Å²) in [5, 5.41) is 0. The minimum Gasteiger partial charge on any atom is -0.488 e. The molecule has 3 fully saturated rings. The molecule has 486 valence electrons. The van der Waals surface area contributed by atoms with Crippen molar-refractivity contribution < 1.29 is 28.4 Å². The minimum atomic E-state index is -0.103. The van der Waals surface area contributed by atoms with Crippen LogP contribution in [-0.2, 0) is 39.6 Å². The van der Waals surface area contributed by atoms with Crippen LogP contribution in [-0.4, -0.2) is 73.5 Å². The Bertz CT molecular complexity index is 3440. The summed E-state index contributed by atoms with van der Waals surface area (Å²) in [6, 6.07) is 73.5. The fourth-order valence-electron chi connectivity index (χ4n) is 12.9. The van der Waals surface area contributed by atoms with E-state index in [9.17, 15) is 0 Å². The SMILES string of the molecule is C1=N[C@@H]2CCCC[C@H]2N=Cc2cc(OCc3ccccc3)c(cc2OCc2ccccc2)C=N[C@@H]2CCCC[C@H]2N=Cc2cc(OCc3ccccc3)c(cc2OCc2ccccc2)C=N[C@@H]2CCCC[C@H]2N=Cc2cc(OCc3ccccc3)c1cc2OCc1ccccc1. The van der Waals surface area contributed by atoms with Crippen LogP contribution in [0.2, 0.25) is 0 Å². The molecule has 0 spiro atoms. The molecule has 6 atom stereocenters. The molecule has 3 aliphatic carbocycles. The van der Waals surface area contributed by atoms with Gasteiger partial charge in [0.15, 0.2) is 0 Å². The largest absolute Gasteiger partial charge is 0.488 e. The first-order valence-corrected chi connectivity index (χ1v) is 34.3. The second-order valence-electron chi connectivity index (χ2n) is 25.4. The highest BCUT2D eigenvalue weighted by Crippen LogP contribution is 2.36. The predicted octanol–water partition coefficient (Wildman–Crippen LogP) is 18.0. The molecule has 0 unspecified atom stereocenters. The van der Waals surface area contributed by atoms with Gasteiger partial charge in [0.2, 0.25) is 0 Å². The fraction of sp³-hybridized carbons (Fsp3) is 0.286. The van der Waals surface area contributed by atoms with Crippen molar-refractivity contribution in [1.82, 2.24) is 0 Å². The summed E-state index contributed by atoms with van der Waals surface area (Å²) in [6.07, 6.45) is 23.4. The predicted molar refractivity (Wildman–Crippen MR) is 388 cm³/mol. The molecule has 16 rings (SSSR count). The van der Waals surface area contributed by atoms with Crippen molar-refractivity contribution in [2.45, 2.75) is 153 Å². The lowest BCUT2D eigenvalue weighted by Crippen LogP contribution is -2.27. The van der Waals surface area contributed by atoms with Crippen LogP contribution in [0, 0.1) is 0 Å². The van der Waals surface area contributed by atoms with Crippen molar-refractivity contribution in [1.29, 1.82) is 0 Å². The van der Waals surface area contributed by atoms with Crippen LogP contribution in [0.4, 0.5) is 0 Å². The Morgan fingerprint density at radius 2 is 0.354 bits per heavy atom. The van der Waals surface area contributed by atoms with Gasteiger partial charge >= 0.3 is 0 Å². The van der Waals surface area contributed by atoms with Gasteiger partial charge in [-0.3, -0.25) is 30.0 Å². The van der Waals surface area contributed by atoms with Gasteiger partial charge in [-0.05, 0) is 108 Å². The highest BCUT2D eigenvalue weighted by Gasteiger charge is 2.28. The van der Waals surface area contributed by atoms with Gasteiger partial charge in [-0.15, -0.1) is 0 Å². The molecule has 0 saturated heterocycles. The van der Waals surface area contributed by atoms with Crippen molar-refractivity contribution >= 4 is 37.3 Å². The van der Waals surface area contributed by atoms with Gasteiger partial charge in [0.25, 0.3) is 0 Å². The Labute approximate surface area is 565 Å². The quantitative estimate of drug-likeness (QED) is 0.0841. The number of hydrogen-bond acceptors (Lipinski definition) is 12. The lowest BCUT2D eigenvalue weighted by Gasteiger charge is -2.26. The number of benzene rings is 9. The molecule has 12 nitrogen and oxygen atoms in total. The summed E-state index contributed by atoms with van der Waals surface area (Å²) >= 11 is 0. The zero-order valence-electron chi connectivity index (χ0n) is 54.6. The van der Waals surface area contributed by atoms with Gasteiger partial charge in [-0.25, -0.2) is 0 Å². The van der Waals surface area contributed by atoms with E-state index in [4.69, 9.17) is 58.4 Å². The molecule has 0 radical (unpaired) electrons. The third kappa shape index (κ3) is 18.0. The van der Waals surface area contributed by atoms with E-state index >= 15 is 0 Å². The second-order valence-corrected chi connectivity index (χ2v) is 25.4. The minimum absolute atomic E-state index is 0.103. The first kappa shape index (κ1) is 64.5. The summed E-state index contributed by atoms with van der Waals surface area (Å²) in [5.74, 6) is 4.07. The van der Waals surface area contributed by atoms with Crippen LogP contribution in [0.3, 0.4) is 0 Å². The van der Waals surface area contributed by atoms with Gasteiger partial charge in [-0.2, -0.15) is 0 Å². The normalized spacial score (nSPS) is 19.4. The van der Waals surface area contributed by atoms with Crippen LogP contribution in [0.1, 0.15) is 144 Å². The van der Waals surface area contributed by atoms with Crippen LogP contribution in [0.15, 0.2) is 248 Å². The maximum Gasteiger partial charge on any atom is 0.129 e. The van der Waals surface area contributed by atoms with E-state index < -0.39 is 0 Å². The molecule has 0 N–H and O–H groups in total. The lowest BCUT2D eigenvalue weighted by atomic mass is 9.91. The van der Waals surface area contributed by atoms with E-state index in [1.807, 2.05) is 146 Å². The molecular formula is C84H84N6O6. The van der Waals surface area contributed by atoms with E-state index in [0.29, 0.717) is 74.1 Å². The maximum absolute atomic E-state index is 6.85. The monoisotopic (exact) mass is 1270 g/mol. The summed E-state index contributed by atoms with van der Waals surface area (Å²) in [6.45, 7) is 2.16. The first-order valence-electron chi connectivity index (χ1n) is 34.3. The van der Waals surface area contributed by atoms with Crippen molar-refractivity contribution in [3.63, 3.8) is 0 Å². The number of nitrogens with zero attached hydrogens (tertiary/aromatic N) is 6. The second kappa shape index (κ2) is 33.3. The Kier molecular flexibility index (Phi) is 22.4. The Morgan fingerprint density at radius 3 is 0.500 bits per heavy atom. The van der Waals surface area contributed by atoms with Crippen LogP contribution < -0.4 is 28.4 Å². The number of rotatable bonds is 18. The number of aliphatic imine (C=N–C) groups is 6. The van der Waals surface area contributed by atoms with E-state index in [1.165, 1.54) is 0 Å². The van der Waals surface area contributed by atoms with Gasteiger partial charge in [0.1, 0.15) is 74.1 Å². The molecule has 9 aromatic rings. The molecule has 4 heterocycles. The highest BCUT2D eigenvalue weighted by molar-refractivity contribution is 5.93. The van der Waals surface area contributed by atoms with Gasteiger partial charge in [0, 0.05) is 70.7 Å². The van der Waals surface area contributed by atoms with E-state index in [1.54, 1.807) is 0 Å². The smallest absolute Gasteiger partial charge is 0.129 e. The van der Waals surface area contributed by atoms with E-state index in [-0.39, 0.29) is 36.3 Å². The molecule has 96 heavy (non-hydrogen) atoms. The van der Waals surface area contributed by atoms with Crippen LogP contribution >= 0.6 is 0 Å². The lowest BCUT2D eigenvalue weighted by molar-refractivity contribution is 0.296. The van der Waals surface area contributed by atoms with E-state index in [2.05, 4.69) is 109 Å². The molecule has 9 aromatic carbocycles. The van der Waals surface area contributed by atoms with Gasteiger partial charge < -0.3 is 28.4 Å². The molecule has 3 saturated carbocycles. The Balaban J connectivity index is 0.950. The number of fused-ring (bicyclic) bond motifs is 3. The zero-order chi connectivity index (χ0) is 64.8. The Morgan fingerprint density at radius 1 is 0.208 bits per heavy atom. The molecule has 0 aromatic heterocycles. The number of ether oxygens (including phenoxy) is 6. The maximum atomic E-state index is 6.85. The average molecular weight is 1270 g/mol. The summed E-state index contributed by atoms with van der Waals surface area (Å²) in [5.41, 5.74) is 11.2. The molecule has 7 aliphatic rings. The van der Waals surface area contributed by atoms with Gasteiger partial charge in [-0.1, -0.05) is 221 Å². The summed E-state index contributed by atoms with van der Waals surface area (Å²) in [4.78, 5) is 32.7. The molecular weight excluding hydrogens is 1190 g/mol. The standard InChI is InChI=1S/C84H84N6O6/c1-7-25-61(26-8-1)55-91-79-43-68-50-86-75-39-21-22-40-76(75)88-52-70-46-84(96-60-66-35-17-6-18-36-66)72(48-83(70)95-59-65-33-15-5-16-34-65)54-90-78-42-24-23-41-77(78)89-53-71-47-81(93-57-63-29-11-3-12-30-63)69(45-82(71)94-58-64-31-13-4-14-32-64)51-87-74-38-20-19-37-73(74)85-49-67(79)44-80(68)92-56-62-27-9-2-10-28-62/h1-18,25-36,43-54,73-78H,19-24,37-42,55-60H2/t73-,74-,75-,76-,77-,78-/m1/s1. The summed E-state index contributed by atoms with van der Waals surface area (Å²) in [7, 11) is 0. The van der Waals surface area contributed by atoms with E-state index in [0.717, 1.165) is 144 Å². The molecule has 12 heteroatoms. The molecule has 4 aliphatic heterocycles. The van der Waals surface area contributed by atoms with Gasteiger partial charge in [0.05, 0.1) is 36.3 Å². The highest BCUT2D eigenvalue weighted by atomic mass is 16.5.